The van der Waals surface area contributed by atoms with E-state index in [9.17, 15) is 0 Å². The Labute approximate surface area is 89.4 Å². The Morgan fingerprint density at radius 1 is 1.47 bits per heavy atom. The second kappa shape index (κ2) is 3.57. The highest BCUT2D eigenvalue weighted by molar-refractivity contribution is 5.08. The molecule has 0 aromatic rings. The summed E-state index contributed by atoms with van der Waals surface area (Å²) in [5.41, 5.74) is 5.67. The number of nitrogens with two attached hydrogens (primary N) is 1. The largest absolute Gasteiger partial charge is 0.382 e. The monoisotopic (exact) mass is 207 g/mol. The molecule has 0 aromatic carbocycles. The fraction of sp³-hybridized carbons (Fsp3) is 0.800. The summed E-state index contributed by atoms with van der Waals surface area (Å²) in [5, 5.41) is 11.4. The van der Waals surface area contributed by atoms with Gasteiger partial charge in [0.2, 0.25) is 0 Å². The maximum absolute atomic E-state index is 5.67. The third-order valence-electron chi connectivity index (χ3n) is 3.68. The van der Waals surface area contributed by atoms with E-state index in [4.69, 9.17) is 5.73 Å². The van der Waals surface area contributed by atoms with E-state index in [1.54, 1.807) is 0 Å². The molecule has 15 heavy (non-hydrogen) atoms. The van der Waals surface area contributed by atoms with Crippen molar-refractivity contribution in [1.29, 1.82) is 0 Å². The maximum Gasteiger partial charge on any atom is 0.143 e. The number of nitrogens with zero attached hydrogens (tertiary/aromatic N) is 3. The zero-order valence-corrected chi connectivity index (χ0v) is 8.76. The molecule has 0 bridgehead atoms. The van der Waals surface area contributed by atoms with Crippen molar-refractivity contribution in [3.8, 4) is 0 Å². The van der Waals surface area contributed by atoms with Crippen molar-refractivity contribution in [3.63, 3.8) is 0 Å². The van der Waals surface area contributed by atoms with E-state index in [0.29, 0.717) is 17.9 Å². The van der Waals surface area contributed by atoms with E-state index in [-0.39, 0.29) is 0 Å². The van der Waals surface area contributed by atoms with Gasteiger partial charge in [-0.2, -0.15) is 5.11 Å². The van der Waals surface area contributed by atoms with E-state index >= 15 is 0 Å². The molecule has 0 aliphatic carbocycles. The first kappa shape index (κ1) is 9.30. The second-order valence-electron chi connectivity index (χ2n) is 4.65. The van der Waals surface area contributed by atoms with Crippen molar-refractivity contribution in [2.45, 2.75) is 18.5 Å². The molecule has 3 atom stereocenters. The molecule has 0 saturated carbocycles. The number of azo groups is 1. The van der Waals surface area contributed by atoms with Crippen LogP contribution in [0.2, 0.25) is 0 Å². The van der Waals surface area contributed by atoms with Crippen molar-refractivity contribution in [1.82, 2.24) is 10.2 Å². The van der Waals surface area contributed by atoms with E-state index in [1.165, 1.54) is 19.5 Å². The lowest BCUT2D eigenvalue weighted by atomic mass is 10.1. The summed E-state index contributed by atoms with van der Waals surface area (Å²) in [7, 11) is 0. The third kappa shape index (κ3) is 1.66. The van der Waals surface area contributed by atoms with Gasteiger partial charge in [-0.3, -0.25) is 4.90 Å². The molecular weight excluding hydrogens is 190 g/mol. The van der Waals surface area contributed by atoms with Crippen molar-refractivity contribution in [3.05, 3.63) is 11.9 Å². The maximum atomic E-state index is 5.67. The summed E-state index contributed by atoms with van der Waals surface area (Å²) < 4.78 is 0. The van der Waals surface area contributed by atoms with Crippen molar-refractivity contribution < 1.29 is 0 Å². The summed E-state index contributed by atoms with van der Waals surface area (Å²) in [5.74, 6) is 1.40. The van der Waals surface area contributed by atoms with Crippen LogP contribution in [0, 0.1) is 5.92 Å². The van der Waals surface area contributed by atoms with Crippen LogP contribution in [0.5, 0.6) is 0 Å². The molecular formula is C10H17N5. The first-order valence-electron chi connectivity index (χ1n) is 5.65. The van der Waals surface area contributed by atoms with Gasteiger partial charge in [0.25, 0.3) is 0 Å². The number of rotatable bonds is 1. The first-order chi connectivity index (χ1) is 7.33. The van der Waals surface area contributed by atoms with Gasteiger partial charge in [-0.1, -0.05) is 0 Å². The van der Waals surface area contributed by atoms with Crippen LogP contribution in [-0.2, 0) is 0 Å². The van der Waals surface area contributed by atoms with Gasteiger partial charge >= 0.3 is 0 Å². The fourth-order valence-corrected chi connectivity index (χ4v) is 2.86. The number of hydrogen-bond donors (Lipinski definition) is 2. The van der Waals surface area contributed by atoms with Crippen LogP contribution in [0.25, 0.3) is 0 Å². The summed E-state index contributed by atoms with van der Waals surface area (Å²) in [4.78, 5) is 2.48. The molecule has 5 nitrogen and oxygen atoms in total. The van der Waals surface area contributed by atoms with Crippen LogP contribution in [0.15, 0.2) is 22.1 Å². The standard InChI is InChI=1S/C10H17N5/c11-10-3-8(4-13-14-10)15-5-7-1-2-12-9(7)6-15/h3,7-9,12H,1-2,4-6,11H2/t7-,8?,9+/m1/s1. The lowest BCUT2D eigenvalue weighted by molar-refractivity contribution is 0.263. The Morgan fingerprint density at radius 3 is 3.20 bits per heavy atom. The number of nitrogens with one attached hydrogen (secondary N) is 1. The van der Waals surface area contributed by atoms with E-state index < -0.39 is 0 Å². The average molecular weight is 207 g/mol. The number of hydrogen-bond acceptors (Lipinski definition) is 5. The molecule has 0 aromatic heterocycles. The predicted molar refractivity (Wildman–Crippen MR) is 57.3 cm³/mol. The minimum Gasteiger partial charge on any atom is -0.382 e. The Kier molecular flexibility index (Phi) is 2.21. The van der Waals surface area contributed by atoms with Gasteiger partial charge in [-0.15, -0.1) is 5.11 Å². The lowest BCUT2D eigenvalue weighted by Crippen LogP contribution is -2.38. The van der Waals surface area contributed by atoms with E-state index in [0.717, 1.165) is 19.0 Å². The molecule has 3 aliphatic rings. The van der Waals surface area contributed by atoms with Gasteiger partial charge in [-0.05, 0) is 25.0 Å². The highest BCUT2D eigenvalue weighted by Crippen LogP contribution is 2.27. The Bertz CT molecular complexity index is 299. The van der Waals surface area contributed by atoms with Gasteiger partial charge in [0.05, 0.1) is 12.6 Å². The van der Waals surface area contributed by atoms with E-state index in [1.807, 2.05) is 6.08 Å². The molecule has 3 N–H and O–H groups in total. The van der Waals surface area contributed by atoms with Crippen LogP contribution >= 0.6 is 0 Å². The van der Waals surface area contributed by atoms with Gasteiger partial charge in [-0.25, -0.2) is 0 Å². The third-order valence-corrected chi connectivity index (χ3v) is 3.68. The summed E-state index contributed by atoms with van der Waals surface area (Å²) >= 11 is 0. The molecule has 2 saturated heterocycles. The molecule has 2 fully saturated rings. The molecule has 3 heterocycles. The van der Waals surface area contributed by atoms with Gasteiger partial charge in [0.15, 0.2) is 0 Å². The zero-order valence-electron chi connectivity index (χ0n) is 8.76. The lowest BCUT2D eigenvalue weighted by Gasteiger charge is -2.25. The number of likely N-dealkylation sites (tertiary alicyclic amines) is 1. The minimum atomic E-state index is 0.370. The van der Waals surface area contributed by atoms with Crippen LogP contribution < -0.4 is 11.1 Å². The number of fused-ring (bicyclic) bond motifs is 1. The fourth-order valence-electron chi connectivity index (χ4n) is 2.86. The molecule has 0 amide bonds. The average Bonchev–Trinajstić information content (AvgIpc) is 2.76. The Morgan fingerprint density at radius 2 is 2.40 bits per heavy atom. The molecule has 3 rings (SSSR count). The van der Waals surface area contributed by atoms with Gasteiger partial charge < -0.3 is 11.1 Å². The molecule has 0 spiro atoms. The summed E-state index contributed by atoms with van der Waals surface area (Å²) in [6.45, 7) is 4.27. The molecule has 0 radical (unpaired) electrons. The minimum absolute atomic E-state index is 0.370. The predicted octanol–water partition coefficient (Wildman–Crippen LogP) is -0.0854. The first-order valence-corrected chi connectivity index (χ1v) is 5.65. The van der Waals surface area contributed by atoms with Gasteiger partial charge in [0.1, 0.15) is 5.82 Å². The molecule has 3 aliphatic heterocycles. The highest BCUT2D eigenvalue weighted by Gasteiger charge is 2.38. The van der Waals surface area contributed by atoms with Crippen molar-refractivity contribution >= 4 is 0 Å². The quantitative estimate of drug-likeness (QED) is 0.632. The van der Waals surface area contributed by atoms with Crippen LogP contribution in [0.4, 0.5) is 0 Å². The SMILES string of the molecule is NC1=CC(N2C[C@H]3CCN[C@H]3C2)CN=N1. The summed E-state index contributed by atoms with van der Waals surface area (Å²) in [6, 6.07) is 1.06. The van der Waals surface area contributed by atoms with Crippen LogP contribution in [0.3, 0.4) is 0 Å². The van der Waals surface area contributed by atoms with Crippen molar-refractivity contribution in [2.24, 2.45) is 21.9 Å². The Hall–Kier alpha value is -0.940. The smallest absolute Gasteiger partial charge is 0.143 e. The Balaban J connectivity index is 1.67. The zero-order chi connectivity index (χ0) is 10.3. The summed E-state index contributed by atoms with van der Waals surface area (Å²) in [6.07, 6.45) is 3.35. The molecule has 1 unspecified atom stereocenters. The topological polar surface area (TPSA) is 66.0 Å². The van der Waals surface area contributed by atoms with Crippen LogP contribution in [-0.4, -0.2) is 43.2 Å². The van der Waals surface area contributed by atoms with Crippen molar-refractivity contribution in [2.75, 3.05) is 26.2 Å². The van der Waals surface area contributed by atoms with Crippen LogP contribution in [0.1, 0.15) is 6.42 Å². The van der Waals surface area contributed by atoms with Gasteiger partial charge in [0, 0.05) is 19.1 Å². The molecule has 5 heteroatoms. The highest BCUT2D eigenvalue weighted by atomic mass is 15.3. The molecule has 82 valence electrons. The normalized spacial score (nSPS) is 40.5. The second-order valence-corrected chi connectivity index (χ2v) is 4.65. The van der Waals surface area contributed by atoms with E-state index in [2.05, 4.69) is 20.4 Å².